The zero-order chi connectivity index (χ0) is 16.9. The number of thioether (sulfide) groups is 1. The van der Waals surface area contributed by atoms with Crippen molar-refractivity contribution in [1.29, 1.82) is 0 Å². The number of carboxylic acid groups (broad SMARTS) is 1. The number of hydrogen-bond donors (Lipinski definition) is 2. The molecule has 3 N–H and O–H groups in total. The fourth-order valence-electron chi connectivity index (χ4n) is 1.66. The smallest absolute Gasteiger partial charge is 0.339 e. The molecule has 0 radical (unpaired) electrons. The number of carbonyl (C=O) groups is 2. The molecule has 22 heavy (non-hydrogen) atoms. The lowest BCUT2D eigenvalue weighted by atomic mass is 10.2. The molecule has 0 amide bonds. The lowest BCUT2D eigenvalue weighted by Gasteiger charge is -2.21. The molecule has 0 aliphatic carbocycles. The summed E-state index contributed by atoms with van der Waals surface area (Å²) < 4.78 is 10.6. The van der Waals surface area contributed by atoms with Crippen LogP contribution in [-0.4, -0.2) is 35.1 Å². The van der Waals surface area contributed by atoms with E-state index in [1.54, 1.807) is 32.9 Å². The second-order valence-electron chi connectivity index (χ2n) is 5.61. The standard InChI is InChI=1S/C15H21NO5S/c1-15(2,3)21-13(17)8-12(16)20-11-7-9(22-4)5-6-10(11)14(18)19/h5-7,12H,8,16H2,1-4H3,(H,18,19). The molecule has 1 unspecified atom stereocenters. The minimum Gasteiger partial charge on any atom is -0.478 e. The van der Waals surface area contributed by atoms with E-state index in [-0.39, 0.29) is 17.7 Å². The van der Waals surface area contributed by atoms with Crippen LogP contribution in [0.4, 0.5) is 0 Å². The van der Waals surface area contributed by atoms with E-state index >= 15 is 0 Å². The van der Waals surface area contributed by atoms with Crippen molar-refractivity contribution in [2.45, 2.75) is 43.9 Å². The highest BCUT2D eigenvalue weighted by atomic mass is 32.2. The first kappa shape index (κ1) is 18.3. The van der Waals surface area contributed by atoms with Crippen LogP contribution in [0.15, 0.2) is 23.1 Å². The molecule has 0 bridgehead atoms. The normalized spacial score (nSPS) is 12.6. The Hall–Kier alpha value is -1.73. The van der Waals surface area contributed by atoms with E-state index in [0.717, 1.165) is 4.90 Å². The molecule has 1 aromatic rings. The third-order valence-corrected chi connectivity index (χ3v) is 3.21. The van der Waals surface area contributed by atoms with Crippen LogP contribution < -0.4 is 10.5 Å². The van der Waals surface area contributed by atoms with Crippen molar-refractivity contribution < 1.29 is 24.2 Å². The Kier molecular flexibility index (Phi) is 6.25. The minimum atomic E-state index is -1.12. The van der Waals surface area contributed by atoms with Crippen molar-refractivity contribution in [3.63, 3.8) is 0 Å². The van der Waals surface area contributed by atoms with Gasteiger partial charge in [-0.2, -0.15) is 0 Å². The average Bonchev–Trinajstić information content (AvgIpc) is 2.35. The first-order chi connectivity index (χ1) is 10.1. The molecule has 0 aliphatic rings. The minimum absolute atomic E-state index is 0.00237. The van der Waals surface area contributed by atoms with E-state index in [0.29, 0.717) is 0 Å². The van der Waals surface area contributed by atoms with Crippen molar-refractivity contribution in [3.05, 3.63) is 23.8 Å². The van der Waals surface area contributed by atoms with Gasteiger partial charge < -0.3 is 14.6 Å². The number of rotatable bonds is 6. The molecule has 7 heteroatoms. The van der Waals surface area contributed by atoms with Crippen molar-refractivity contribution in [2.24, 2.45) is 5.73 Å². The van der Waals surface area contributed by atoms with E-state index in [2.05, 4.69) is 0 Å². The van der Waals surface area contributed by atoms with Gasteiger partial charge in [0.1, 0.15) is 16.9 Å². The second kappa shape index (κ2) is 7.51. The zero-order valence-corrected chi connectivity index (χ0v) is 13.9. The van der Waals surface area contributed by atoms with Gasteiger partial charge in [-0.15, -0.1) is 11.8 Å². The predicted octanol–water partition coefficient (Wildman–Crippen LogP) is 2.50. The monoisotopic (exact) mass is 327 g/mol. The molecule has 1 aromatic carbocycles. The number of benzene rings is 1. The maximum atomic E-state index is 11.7. The van der Waals surface area contributed by atoms with Crippen LogP contribution in [0.3, 0.4) is 0 Å². The zero-order valence-electron chi connectivity index (χ0n) is 13.1. The van der Waals surface area contributed by atoms with Gasteiger partial charge >= 0.3 is 11.9 Å². The summed E-state index contributed by atoms with van der Waals surface area (Å²) in [6, 6.07) is 4.72. The molecule has 0 fully saturated rings. The van der Waals surface area contributed by atoms with Crippen molar-refractivity contribution in [1.82, 2.24) is 0 Å². The van der Waals surface area contributed by atoms with E-state index in [9.17, 15) is 9.59 Å². The number of aromatic carboxylic acids is 1. The summed E-state index contributed by atoms with van der Waals surface area (Å²) in [5.41, 5.74) is 5.15. The molecule has 0 saturated heterocycles. The number of nitrogens with two attached hydrogens (primary N) is 1. The third-order valence-electron chi connectivity index (χ3n) is 2.49. The van der Waals surface area contributed by atoms with Crippen molar-refractivity contribution in [3.8, 4) is 5.75 Å². The van der Waals surface area contributed by atoms with Crippen LogP contribution in [0, 0.1) is 0 Å². The molecule has 0 spiro atoms. The predicted molar refractivity (Wildman–Crippen MR) is 84.2 cm³/mol. The molecular formula is C15H21NO5S. The van der Waals surface area contributed by atoms with Crippen LogP contribution in [0.2, 0.25) is 0 Å². The van der Waals surface area contributed by atoms with E-state index < -0.39 is 23.8 Å². The quantitative estimate of drug-likeness (QED) is 0.470. The Morgan fingerprint density at radius 2 is 2.00 bits per heavy atom. The number of esters is 1. The van der Waals surface area contributed by atoms with Crippen LogP contribution in [0.25, 0.3) is 0 Å². The fraction of sp³-hybridized carbons (Fsp3) is 0.467. The summed E-state index contributed by atoms with van der Waals surface area (Å²) in [4.78, 5) is 23.7. The van der Waals surface area contributed by atoms with Gasteiger partial charge in [-0.1, -0.05) is 0 Å². The average molecular weight is 327 g/mol. The maximum Gasteiger partial charge on any atom is 0.339 e. The van der Waals surface area contributed by atoms with Crippen molar-refractivity contribution >= 4 is 23.7 Å². The molecule has 0 saturated carbocycles. The van der Waals surface area contributed by atoms with Gasteiger partial charge in [0.05, 0.1) is 6.42 Å². The Morgan fingerprint density at radius 1 is 1.36 bits per heavy atom. The maximum absolute atomic E-state index is 11.7. The fourth-order valence-corrected chi connectivity index (χ4v) is 2.09. The highest BCUT2D eigenvalue weighted by molar-refractivity contribution is 7.98. The molecule has 1 atom stereocenters. The molecule has 122 valence electrons. The second-order valence-corrected chi connectivity index (χ2v) is 6.49. The molecule has 6 nitrogen and oxygen atoms in total. The SMILES string of the molecule is CSc1ccc(C(=O)O)c(OC(N)CC(=O)OC(C)(C)C)c1. The highest BCUT2D eigenvalue weighted by Gasteiger charge is 2.21. The molecule has 0 aromatic heterocycles. The Balaban J connectivity index is 2.80. The van der Waals surface area contributed by atoms with Gasteiger partial charge in [0.15, 0.2) is 6.23 Å². The van der Waals surface area contributed by atoms with Gasteiger partial charge in [-0.25, -0.2) is 4.79 Å². The first-order valence-electron chi connectivity index (χ1n) is 6.68. The van der Waals surface area contributed by atoms with E-state index in [1.807, 2.05) is 6.26 Å². The number of hydrogen-bond acceptors (Lipinski definition) is 6. The topological polar surface area (TPSA) is 98.9 Å². The summed E-state index contributed by atoms with van der Waals surface area (Å²) in [7, 11) is 0. The van der Waals surface area contributed by atoms with Gasteiger partial charge in [0.25, 0.3) is 0 Å². The lowest BCUT2D eigenvalue weighted by molar-refractivity contribution is -0.156. The van der Waals surface area contributed by atoms with Crippen LogP contribution in [-0.2, 0) is 9.53 Å². The number of carboxylic acids is 1. The molecule has 0 aliphatic heterocycles. The van der Waals surface area contributed by atoms with E-state index in [4.69, 9.17) is 20.3 Å². The first-order valence-corrected chi connectivity index (χ1v) is 7.90. The lowest BCUT2D eigenvalue weighted by Crippen LogP contribution is -2.34. The van der Waals surface area contributed by atoms with Gasteiger partial charge in [-0.05, 0) is 45.2 Å². The van der Waals surface area contributed by atoms with Crippen LogP contribution in [0.1, 0.15) is 37.6 Å². The molecule has 0 heterocycles. The summed E-state index contributed by atoms with van der Waals surface area (Å²) in [5, 5.41) is 9.16. The summed E-state index contributed by atoms with van der Waals surface area (Å²) in [6.07, 6.45) is 0.713. The van der Waals surface area contributed by atoms with Gasteiger partial charge in [0, 0.05) is 4.90 Å². The summed E-state index contributed by atoms with van der Waals surface area (Å²) >= 11 is 1.45. The number of ether oxygens (including phenoxy) is 2. The Bertz CT molecular complexity index is 553. The van der Waals surface area contributed by atoms with Crippen molar-refractivity contribution in [2.75, 3.05) is 6.26 Å². The summed E-state index contributed by atoms with van der Waals surface area (Å²) in [6.45, 7) is 5.26. The third kappa shape index (κ3) is 5.95. The molecular weight excluding hydrogens is 306 g/mol. The number of carbonyl (C=O) groups excluding carboxylic acids is 1. The molecule has 1 rings (SSSR count). The Morgan fingerprint density at radius 3 is 2.50 bits per heavy atom. The van der Waals surface area contributed by atoms with Crippen LogP contribution in [0.5, 0.6) is 5.75 Å². The van der Waals surface area contributed by atoms with Crippen LogP contribution >= 0.6 is 11.8 Å². The van der Waals surface area contributed by atoms with Gasteiger partial charge in [0.2, 0.25) is 0 Å². The van der Waals surface area contributed by atoms with Gasteiger partial charge in [-0.3, -0.25) is 10.5 Å². The largest absolute Gasteiger partial charge is 0.478 e. The highest BCUT2D eigenvalue weighted by Crippen LogP contribution is 2.26. The van der Waals surface area contributed by atoms with E-state index in [1.165, 1.54) is 17.8 Å². The Labute approximate surface area is 134 Å². The summed E-state index contributed by atoms with van der Waals surface area (Å²) in [5.74, 6) is -1.49.